The van der Waals surface area contributed by atoms with E-state index < -0.39 is 53.7 Å². The first-order chi connectivity index (χ1) is 11.1. The van der Waals surface area contributed by atoms with Crippen LogP contribution in [-0.2, 0) is 42.9 Å². The Balaban J connectivity index is 3.11. The fraction of sp³-hybridized carbons (Fsp3) is 0.714. The zero-order valence-electron chi connectivity index (χ0n) is 13.7. The molecule has 0 N–H and O–H groups in total. The van der Waals surface area contributed by atoms with E-state index in [-0.39, 0.29) is 6.61 Å². The molecule has 1 fully saturated rings. The maximum atomic E-state index is 11.4. The van der Waals surface area contributed by atoms with Crippen molar-refractivity contribution in [2.24, 2.45) is 0 Å². The highest BCUT2D eigenvalue weighted by Gasteiger charge is 2.51. The Bertz CT molecular complexity index is 506. The van der Waals surface area contributed by atoms with Gasteiger partial charge in [0.25, 0.3) is 0 Å². The molecular formula is C14H20O9S. The number of carbonyl (C=O) groups is 4. The van der Waals surface area contributed by atoms with Crippen molar-refractivity contribution in [3.8, 4) is 0 Å². The Morgan fingerprint density at radius 3 is 1.71 bits per heavy atom. The van der Waals surface area contributed by atoms with Crippen LogP contribution < -0.4 is 0 Å². The van der Waals surface area contributed by atoms with Crippen LogP contribution in [0.25, 0.3) is 0 Å². The third kappa shape index (κ3) is 6.00. The molecule has 1 heterocycles. The minimum atomic E-state index is -1.16. The van der Waals surface area contributed by atoms with Crippen LogP contribution in [0.3, 0.4) is 0 Å². The lowest BCUT2D eigenvalue weighted by molar-refractivity contribution is -0.237. The van der Waals surface area contributed by atoms with Gasteiger partial charge in [0.15, 0.2) is 18.3 Å². The first-order valence-corrected chi connectivity index (χ1v) is 7.62. The predicted octanol–water partition coefficient (Wildman–Crippen LogP) is -0.000700. The van der Waals surface area contributed by atoms with E-state index in [1.165, 1.54) is 6.92 Å². The monoisotopic (exact) mass is 364 g/mol. The summed E-state index contributed by atoms with van der Waals surface area (Å²) in [5.41, 5.74) is -0.981. The third-order valence-corrected chi connectivity index (χ3v) is 3.38. The molecule has 0 aliphatic carbocycles. The number of esters is 4. The van der Waals surface area contributed by atoms with Crippen molar-refractivity contribution in [3.63, 3.8) is 0 Å². The molecule has 0 saturated carbocycles. The lowest BCUT2D eigenvalue weighted by Crippen LogP contribution is -2.61. The molecule has 0 amide bonds. The van der Waals surface area contributed by atoms with Crippen LogP contribution >= 0.6 is 12.6 Å². The second-order valence-electron chi connectivity index (χ2n) is 5.09. The van der Waals surface area contributed by atoms with E-state index in [1.54, 1.807) is 0 Å². The third-order valence-electron chi connectivity index (χ3n) is 2.97. The van der Waals surface area contributed by atoms with Crippen molar-refractivity contribution < 1.29 is 42.9 Å². The van der Waals surface area contributed by atoms with Gasteiger partial charge < -0.3 is 23.7 Å². The van der Waals surface area contributed by atoms with E-state index in [0.29, 0.717) is 0 Å². The smallest absolute Gasteiger partial charge is 0.303 e. The standard InChI is InChI=1S/C14H20O9S/c1-6(15)19-5-10-11(20-7(2)16)12(21-8(3)17)13(14(24)23-10)22-9(4)18/h10-14,24H,5H2,1-4H3/t10-,11-,12-,13-,14-/m0/s1. The number of thiol groups is 1. The number of hydrogen-bond acceptors (Lipinski definition) is 10. The average Bonchev–Trinajstić information content (AvgIpc) is 2.42. The van der Waals surface area contributed by atoms with Gasteiger partial charge in [-0.15, -0.1) is 12.6 Å². The Morgan fingerprint density at radius 2 is 1.25 bits per heavy atom. The summed E-state index contributed by atoms with van der Waals surface area (Å²) in [5.74, 6) is -2.57. The molecule has 0 aromatic carbocycles. The van der Waals surface area contributed by atoms with Crippen LogP contribution in [0, 0.1) is 0 Å². The molecule has 1 aliphatic heterocycles. The molecule has 5 atom stereocenters. The summed E-state index contributed by atoms with van der Waals surface area (Å²) in [6, 6.07) is 0. The summed E-state index contributed by atoms with van der Waals surface area (Å²) in [7, 11) is 0. The summed E-state index contributed by atoms with van der Waals surface area (Å²) in [4.78, 5) is 45.1. The Hall–Kier alpha value is -1.81. The molecule has 0 unspecified atom stereocenters. The molecule has 1 rings (SSSR count). The zero-order valence-corrected chi connectivity index (χ0v) is 14.6. The maximum Gasteiger partial charge on any atom is 0.303 e. The Labute approximate surface area is 144 Å². The van der Waals surface area contributed by atoms with E-state index >= 15 is 0 Å². The minimum Gasteiger partial charge on any atom is -0.463 e. The van der Waals surface area contributed by atoms with Crippen molar-refractivity contribution >= 4 is 36.5 Å². The van der Waals surface area contributed by atoms with Gasteiger partial charge >= 0.3 is 23.9 Å². The van der Waals surface area contributed by atoms with Gasteiger partial charge in [0, 0.05) is 27.7 Å². The molecule has 1 saturated heterocycles. The quantitative estimate of drug-likeness (QED) is 0.409. The molecule has 24 heavy (non-hydrogen) atoms. The van der Waals surface area contributed by atoms with E-state index in [1.807, 2.05) is 0 Å². The SMILES string of the molecule is CC(=O)OC[C@@H]1O[C@@H](S)[C@@H](OC(C)=O)[C@@H](OC(C)=O)[C@H]1OC(C)=O. The molecule has 1 aliphatic rings. The maximum absolute atomic E-state index is 11.4. The summed E-state index contributed by atoms with van der Waals surface area (Å²) in [5, 5.41) is 0. The van der Waals surface area contributed by atoms with Crippen LogP contribution in [0.15, 0.2) is 0 Å². The van der Waals surface area contributed by atoms with Crippen molar-refractivity contribution in [1.29, 1.82) is 0 Å². The fourth-order valence-corrected chi connectivity index (χ4v) is 2.59. The molecule has 136 valence electrons. The van der Waals surface area contributed by atoms with Gasteiger partial charge in [-0.25, -0.2) is 0 Å². The molecule has 0 aromatic heterocycles. The highest BCUT2D eigenvalue weighted by atomic mass is 32.1. The van der Waals surface area contributed by atoms with Gasteiger partial charge in [-0.3, -0.25) is 19.2 Å². The van der Waals surface area contributed by atoms with Crippen molar-refractivity contribution in [2.75, 3.05) is 6.61 Å². The van der Waals surface area contributed by atoms with E-state index in [2.05, 4.69) is 12.6 Å². The van der Waals surface area contributed by atoms with E-state index in [0.717, 1.165) is 20.8 Å². The van der Waals surface area contributed by atoms with Gasteiger partial charge in [0.1, 0.15) is 18.1 Å². The normalized spacial score (nSPS) is 29.3. The lowest BCUT2D eigenvalue weighted by atomic mass is 9.99. The first-order valence-electron chi connectivity index (χ1n) is 7.10. The van der Waals surface area contributed by atoms with Crippen LogP contribution in [0.5, 0.6) is 0 Å². The van der Waals surface area contributed by atoms with Crippen LogP contribution in [-0.4, -0.2) is 60.3 Å². The highest BCUT2D eigenvalue weighted by Crippen LogP contribution is 2.30. The first kappa shape index (κ1) is 20.2. The minimum absolute atomic E-state index is 0.255. The Morgan fingerprint density at radius 1 is 0.792 bits per heavy atom. The topological polar surface area (TPSA) is 114 Å². The zero-order chi connectivity index (χ0) is 18.4. The Kier molecular flexibility index (Phi) is 7.49. The number of carbonyl (C=O) groups excluding carboxylic acids is 4. The van der Waals surface area contributed by atoms with Crippen molar-refractivity contribution in [2.45, 2.75) is 57.5 Å². The van der Waals surface area contributed by atoms with E-state index in [4.69, 9.17) is 23.7 Å². The second-order valence-corrected chi connectivity index (χ2v) is 5.60. The molecule has 0 radical (unpaired) electrons. The average molecular weight is 364 g/mol. The van der Waals surface area contributed by atoms with Gasteiger partial charge in [-0.05, 0) is 0 Å². The predicted molar refractivity (Wildman–Crippen MR) is 80.9 cm³/mol. The highest BCUT2D eigenvalue weighted by molar-refractivity contribution is 7.80. The van der Waals surface area contributed by atoms with Gasteiger partial charge in [-0.2, -0.15) is 0 Å². The second kappa shape index (κ2) is 8.88. The summed E-state index contributed by atoms with van der Waals surface area (Å²) < 4.78 is 25.8. The molecule has 0 aromatic rings. The summed E-state index contributed by atoms with van der Waals surface area (Å²) >= 11 is 4.18. The summed E-state index contributed by atoms with van der Waals surface area (Å²) in [6.45, 7) is 4.42. The lowest BCUT2D eigenvalue weighted by Gasteiger charge is -2.42. The van der Waals surface area contributed by atoms with Crippen LogP contribution in [0.4, 0.5) is 0 Å². The molecule has 10 heteroatoms. The van der Waals surface area contributed by atoms with Gasteiger partial charge in [0.2, 0.25) is 0 Å². The van der Waals surface area contributed by atoms with Gasteiger partial charge in [0.05, 0.1) is 0 Å². The van der Waals surface area contributed by atoms with Crippen LogP contribution in [0.1, 0.15) is 27.7 Å². The number of ether oxygens (including phenoxy) is 5. The van der Waals surface area contributed by atoms with Crippen molar-refractivity contribution in [1.82, 2.24) is 0 Å². The number of rotatable bonds is 5. The van der Waals surface area contributed by atoms with E-state index in [9.17, 15) is 19.2 Å². The molecular weight excluding hydrogens is 344 g/mol. The fourth-order valence-electron chi connectivity index (χ4n) is 2.21. The molecule has 0 spiro atoms. The summed E-state index contributed by atoms with van der Waals surface area (Å²) in [6.07, 6.45) is -4.35. The van der Waals surface area contributed by atoms with Crippen LogP contribution in [0.2, 0.25) is 0 Å². The number of hydrogen-bond donors (Lipinski definition) is 1. The molecule has 0 bridgehead atoms. The molecule has 9 nitrogen and oxygen atoms in total. The largest absolute Gasteiger partial charge is 0.463 e. The van der Waals surface area contributed by atoms with Gasteiger partial charge in [-0.1, -0.05) is 0 Å². The van der Waals surface area contributed by atoms with Crippen molar-refractivity contribution in [3.05, 3.63) is 0 Å².